The summed E-state index contributed by atoms with van der Waals surface area (Å²) in [5, 5.41) is 0. The number of hydrogen-bond donors (Lipinski definition) is 0. The maximum absolute atomic E-state index is 3.78. The van der Waals surface area contributed by atoms with Crippen molar-refractivity contribution in [3.05, 3.63) is 30.6 Å². The Morgan fingerprint density at radius 2 is 1.22 bits per heavy atom. The van der Waals surface area contributed by atoms with Crippen LogP contribution >= 0.6 is 24.8 Å². The van der Waals surface area contributed by atoms with Crippen molar-refractivity contribution in [3.63, 3.8) is 0 Å². The van der Waals surface area contributed by atoms with Crippen molar-refractivity contribution in [1.82, 2.24) is 4.98 Å². The van der Waals surface area contributed by atoms with Crippen LogP contribution < -0.4 is 0 Å². The van der Waals surface area contributed by atoms with E-state index in [2.05, 4.69) is 4.98 Å². The van der Waals surface area contributed by atoms with Crippen LogP contribution in [0.5, 0.6) is 0 Å². The number of nitrogens with zero attached hydrogens (tertiary/aromatic N) is 1. The van der Waals surface area contributed by atoms with Crippen LogP contribution in [0.15, 0.2) is 30.6 Å². The largest absolute Gasteiger partial charge is 0.265 e. The van der Waals surface area contributed by atoms with Gasteiger partial charge in [-0.05, 0) is 12.1 Å². The normalized spacial score (nSPS) is 5.33. The van der Waals surface area contributed by atoms with Gasteiger partial charge in [0.25, 0.3) is 0 Å². The second kappa shape index (κ2) is 11.3. The molecule has 0 unspecified atom stereocenters. The Bertz CT molecular complexity index is 86.9. The Kier molecular flexibility index (Phi) is 20.3. The number of hydrogen-bond acceptors (Lipinski definition) is 1. The second-order valence-corrected chi connectivity index (χ2v) is 1.02. The smallest absolute Gasteiger partial charge is 0.0267 e. The van der Waals surface area contributed by atoms with Gasteiger partial charge < -0.3 is 0 Å². The van der Waals surface area contributed by atoms with Crippen LogP contribution in [-0.2, 0) is 21.7 Å². The Morgan fingerprint density at radius 1 is 0.778 bits per heavy atom. The first kappa shape index (κ1) is 16.2. The molecule has 0 aliphatic rings. The van der Waals surface area contributed by atoms with Crippen LogP contribution in [0.3, 0.4) is 0 Å². The van der Waals surface area contributed by atoms with Gasteiger partial charge in [0.05, 0.1) is 0 Å². The Hall–Kier alpha value is 0.444. The summed E-state index contributed by atoms with van der Waals surface area (Å²) in [6, 6.07) is 5.72. The number of pyridine rings is 1. The molecule has 1 heterocycles. The van der Waals surface area contributed by atoms with Gasteiger partial charge in [-0.15, -0.1) is 24.8 Å². The summed E-state index contributed by atoms with van der Waals surface area (Å²) in [5.41, 5.74) is 0. The van der Waals surface area contributed by atoms with Gasteiger partial charge >= 0.3 is 0 Å². The van der Waals surface area contributed by atoms with E-state index >= 15 is 0 Å². The van der Waals surface area contributed by atoms with Crippen molar-refractivity contribution in [2.24, 2.45) is 0 Å². The van der Waals surface area contributed by atoms with Crippen molar-refractivity contribution in [2.75, 3.05) is 0 Å². The Balaban J connectivity index is -0.000000120. The summed E-state index contributed by atoms with van der Waals surface area (Å²) < 4.78 is 0. The van der Waals surface area contributed by atoms with E-state index in [4.69, 9.17) is 0 Å². The molecule has 0 radical (unpaired) electrons. The maximum Gasteiger partial charge on any atom is 0.0267 e. The Morgan fingerprint density at radius 3 is 1.33 bits per heavy atom. The SMILES string of the molecule is Cl.Cl.[Ti].c1ccncc1. The number of rotatable bonds is 0. The van der Waals surface area contributed by atoms with Crippen LogP contribution in [0, 0.1) is 0 Å². The van der Waals surface area contributed by atoms with E-state index in [1.807, 2.05) is 18.2 Å². The zero-order valence-electron chi connectivity index (χ0n) is 4.65. The fourth-order valence-corrected chi connectivity index (χ4v) is 0.313. The van der Waals surface area contributed by atoms with E-state index in [9.17, 15) is 0 Å². The molecule has 0 N–H and O–H groups in total. The van der Waals surface area contributed by atoms with Crippen molar-refractivity contribution >= 4 is 24.8 Å². The van der Waals surface area contributed by atoms with Gasteiger partial charge in [0, 0.05) is 34.1 Å². The molecule has 0 aliphatic heterocycles. The van der Waals surface area contributed by atoms with Gasteiger partial charge in [-0.2, -0.15) is 0 Å². The summed E-state index contributed by atoms with van der Waals surface area (Å²) in [6.07, 6.45) is 3.50. The van der Waals surface area contributed by atoms with E-state index in [0.717, 1.165) is 0 Å². The minimum absolute atomic E-state index is 0. The maximum atomic E-state index is 3.78. The summed E-state index contributed by atoms with van der Waals surface area (Å²) in [5.74, 6) is 0. The van der Waals surface area contributed by atoms with Crippen LogP contribution in [0.1, 0.15) is 0 Å². The topological polar surface area (TPSA) is 12.9 Å². The average molecular weight is 200 g/mol. The van der Waals surface area contributed by atoms with Crippen LogP contribution in [-0.4, -0.2) is 4.98 Å². The number of aromatic nitrogens is 1. The van der Waals surface area contributed by atoms with E-state index < -0.39 is 0 Å². The molecule has 0 atom stereocenters. The molecule has 50 valence electrons. The van der Waals surface area contributed by atoms with Gasteiger partial charge in [-0.3, -0.25) is 4.98 Å². The zero-order valence-corrected chi connectivity index (χ0v) is 7.85. The quantitative estimate of drug-likeness (QED) is 0.583. The van der Waals surface area contributed by atoms with Crippen molar-refractivity contribution < 1.29 is 21.7 Å². The summed E-state index contributed by atoms with van der Waals surface area (Å²) in [6.45, 7) is 0. The van der Waals surface area contributed by atoms with Gasteiger partial charge in [0.1, 0.15) is 0 Å². The van der Waals surface area contributed by atoms with Crippen LogP contribution in [0.2, 0.25) is 0 Å². The minimum Gasteiger partial charge on any atom is -0.265 e. The van der Waals surface area contributed by atoms with Crippen LogP contribution in [0.25, 0.3) is 0 Å². The predicted molar refractivity (Wildman–Crippen MR) is 38.7 cm³/mol. The molecule has 0 spiro atoms. The molecule has 1 nitrogen and oxygen atoms in total. The second-order valence-electron chi connectivity index (χ2n) is 1.02. The van der Waals surface area contributed by atoms with Crippen molar-refractivity contribution in [3.8, 4) is 0 Å². The molecule has 0 saturated heterocycles. The van der Waals surface area contributed by atoms with Gasteiger partial charge in [0.2, 0.25) is 0 Å². The molecular weight excluding hydrogens is 193 g/mol. The van der Waals surface area contributed by atoms with E-state index in [0.29, 0.717) is 0 Å². The van der Waals surface area contributed by atoms with Gasteiger partial charge in [-0.25, -0.2) is 0 Å². The minimum atomic E-state index is 0. The van der Waals surface area contributed by atoms with Gasteiger partial charge in [-0.1, -0.05) is 6.07 Å². The molecule has 0 aliphatic carbocycles. The molecule has 4 heteroatoms. The third-order valence-electron chi connectivity index (χ3n) is 0.566. The first-order valence-electron chi connectivity index (χ1n) is 1.85. The molecule has 0 amide bonds. The molecule has 0 saturated carbocycles. The van der Waals surface area contributed by atoms with Crippen LogP contribution in [0.4, 0.5) is 0 Å². The average Bonchev–Trinajstić information content (AvgIpc) is 1.72. The number of halogens is 2. The fraction of sp³-hybridized carbons (Fsp3) is 0. The third kappa shape index (κ3) is 8.44. The Labute approximate surface area is 82.0 Å². The molecule has 1 rings (SSSR count). The standard InChI is InChI=1S/C5H5N.2ClH.Ti/c1-2-4-6-5-3-1;;;/h1-5H;2*1H;. The monoisotopic (exact) mass is 199 g/mol. The molecule has 0 bridgehead atoms. The molecule has 1 aromatic rings. The molecule has 0 fully saturated rings. The zero-order chi connectivity index (χ0) is 4.24. The predicted octanol–water partition coefficient (Wildman–Crippen LogP) is 1.92. The molecular formula is C5H7Cl2NTi. The van der Waals surface area contributed by atoms with Crippen molar-refractivity contribution in [1.29, 1.82) is 0 Å². The van der Waals surface area contributed by atoms with E-state index in [1.54, 1.807) is 12.4 Å². The summed E-state index contributed by atoms with van der Waals surface area (Å²) in [4.78, 5) is 3.78. The summed E-state index contributed by atoms with van der Waals surface area (Å²) >= 11 is 0. The molecule has 0 aromatic carbocycles. The summed E-state index contributed by atoms with van der Waals surface area (Å²) in [7, 11) is 0. The molecule has 1 aromatic heterocycles. The molecule has 9 heavy (non-hydrogen) atoms. The van der Waals surface area contributed by atoms with Crippen molar-refractivity contribution in [2.45, 2.75) is 0 Å². The first-order chi connectivity index (χ1) is 3.00. The van der Waals surface area contributed by atoms with Gasteiger partial charge in [0.15, 0.2) is 0 Å². The first-order valence-corrected chi connectivity index (χ1v) is 1.85. The van der Waals surface area contributed by atoms with E-state index in [1.165, 1.54) is 0 Å². The third-order valence-corrected chi connectivity index (χ3v) is 0.566. The fourth-order valence-electron chi connectivity index (χ4n) is 0.313. The van der Waals surface area contributed by atoms with E-state index in [-0.39, 0.29) is 46.5 Å².